The minimum absolute atomic E-state index is 0.0996. The van der Waals surface area contributed by atoms with E-state index in [4.69, 9.17) is 0 Å². The number of hydrogen-bond acceptors (Lipinski definition) is 5. The fourth-order valence-electron chi connectivity index (χ4n) is 2.75. The van der Waals surface area contributed by atoms with E-state index in [1.165, 1.54) is 12.8 Å². The van der Waals surface area contributed by atoms with Crippen LogP contribution in [0.4, 0.5) is 0 Å². The molecule has 8 heteroatoms. The molecule has 2 rings (SSSR count). The zero-order valence-electron chi connectivity index (χ0n) is 12.9. The number of rotatable bonds is 7. The van der Waals surface area contributed by atoms with Crippen molar-refractivity contribution >= 4 is 10.0 Å². The summed E-state index contributed by atoms with van der Waals surface area (Å²) in [7, 11) is -1.81. The van der Waals surface area contributed by atoms with Crippen LogP contribution in [0.5, 0.6) is 0 Å². The fraction of sp³-hybridized carbons (Fsp3) is 0.769. The smallest absolute Gasteiger partial charge is 0.260 e. The lowest BCUT2D eigenvalue weighted by Gasteiger charge is -2.20. The van der Waals surface area contributed by atoms with Crippen LogP contribution in [0.15, 0.2) is 5.03 Å². The average Bonchev–Trinajstić information content (AvgIpc) is 3.00. The summed E-state index contributed by atoms with van der Waals surface area (Å²) >= 11 is 0. The van der Waals surface area contributed by atoms with Crippen molar-refractivity contribution < 1.29 is 8.42 Å². The third-order valence-corrected chi connectivity index (χ3v) is 5.29. The second kappa shape index (κ2) is 6.87. The Labute approximate surface area is 126 Å². The van der Waals surface area contributed by atoms with Crippen molar-refractivity contribution in [3.63, 3.8) is 0 Å². The first-order valence-electron chi connectivity index (χ1n) is 7.37. The van der Waals surface area contributed by atoms with Crippen molar-refractivity contribution in [3.8, 4) is 0 Å². The molecule has 0 amide bonds. The normalized spacial score (nSPS) is 18.2. The van der Waals surface area contributed by atoms with Crippen LogP contribution in [0.2, 0.25) is 0 Å². The molecule has 1 aromatic rings. The molecule has 1 aliphatic rings. The number of likely N-dealkylation sites (tertiary alicyclic amines) is 1. The van der Waals surface area contributed by atoms with Gasteiger partial charge in [-0.15, -0.1) is 0 Å². The molecule has 0 bridgehead atoms. The second-order valence-corrected chi connectivity index (χ2v) is 7.32. The van der Waals surface area contributed by atoms with Gasteiger partial charge in [-0.3, -0.25) is 5.10 Å². The largest absolute Gasteiger partial charge is 0.316 e. The predicted octanol–water partition coefficient (Wildman–Crippen LogP) is 0.200. The Hall–Kier alpha value is -0.960. The van der Waals surface area contributed by atoms with E-state index in [0.717, 1.165) is 25.3 Å². The monoisotopic (exact) mass is 315 g/mol. The second-order valence-electron chi connectivity index (χ2n) is 5.69. The molecule has 3 N–H and O–H groups in total. The van der Waals surface area contributed by atoms with Crippen molar-refractivity contribution in [2.24, 2.45) is 0 Å². The van der Waals surface area contributed by atoms with Crippen molar-refractivity contribution in [2.75, 3.05) is 26.7 Å². The minimum Gasteiger partial charge on any atom is -0.316 e. The molecule has 1 saturated heterocycles. The van der Waals surface area contributed by atoms with E-state index in [1.54, 1.807) is 7.05 Å². The van der Waals surface area contributed by atoms with Crippen LogP contribution in [-0.2, 0) is 16.6 Å². The molecule has 0 spiro atoms. The summed E-state index contributed by atoms with van der Waals surface area (Å²) < 4.78 is 27.7. The molecule has 1 atom stereocenters. The zero-order chi connectivity index (χ0) is 15.5. The van der Waals surface area contributed by atoms with E-state index in [9.17, 15) is 8.42 Å². The highest BCUT2D eigenvalue weighted by molar-refractivity contribution is 7.89. The maximum atomic E-state index is 12.5. The van der Waals surface area contributed by atoms with Crippen LogP contribution in [0.3, 0.4) is 0 Å². The Morgan fingerprint density at radius 2 is 2.05 bits per heavy atom. The molecule has 1 unspecified atom stereocenters. The summed E-state index contributed by atoms with van der Waals surface area (Å²) in [6.07, 6.45) is 2.40. The summed E-state index contributed by atoms with van der Waals surface area (Å²) in [4.78, 5) is 2.29. The van der Waals surface area contributed by atoms with Gasteiger partial charge >= 0.3 is 0 Å². The lowest BCUT2D eigenvalue weighted by Crippen LogP contribution is -2.41. The minimum atomic E-state index is -3.59. The van der Waals surface area contributed by atoms with Crippen LogP contribution in [0, 0.1) is 6.92 Å². The zero-order valence-corrected chi connectivity index (χ0v) is 13.8. The highest BCUT2D eigenvalue weighted by atomic mass is 32.2. The summed E-state index contributed by atoms with van der Waals surface area (Å²) in [6.45, 7) is 7.04. The SMILES string of the molecule is CNCc1c(S(=O)(=O)NC(C)CN2CCCC2)n[nH]c1C. The lowest BCUT2D eigenvalue weighted by molar-refractivity contribution is 0.312. The maximum Gasteiger partial charge on any atom is 0.260 e. The van der Waals surface area contributed by atoms with E-state index >= 15 is 0 Å². The number of aromatic amines is 1. The summed E-state index contributed by atoms with van der Waals surface area (Å²) in [5, 5.41) is 9.79. The fourth-order valence-corrected chi connectivity index (χ4v) is 4.18. The van der Waals surface area contributed by atoms with Crippen LogP contribution < -0.4 is 10.0 Å². The molecule has 2 heterocycles. The highest BCUT2D eigenvalue weighted by Gasteiger charge is 2.26. The van der Waals surface area contributed by atoms with E-state index < -0.39 is 10.0 Å². The van der Waals surface area contributed by atoms with E-state index in [-0.39, 0.29) is 11.1 Å². The molecular formula is C13H25N5O2S. The molecule has 1 aromatic heterocycles. The molecule has 0 aromatic carbocycles. The standard InChI is InChI=1S/C13H25N5O2S/c1-10(9-18-6-4-5-7-18)17-21(19,20)13-12(8-14-3)11(2)15-16-13/h10,14,17H,4-9H2,1-3H3,(H,15,16). The Morgan fingerprint density at radius 1 is 1.38 bits per heavy atom. The number of aromatic nitrogens is 2. The lowest BCUT2D eigenvalue weighted by atomic mass is 10.3. The maximum absolute atomic E-state index is 12.5. The molecule has 120 valence electrons. The summed E-state index contributed by atoms with van der Waals surface area (Å²) in [5.41, 5.74) is 1.47. The molecule has 0 aliphatic carbocycles. The van der Waals surface area contributed by atoms with Crippen molar-refractivity contribution in [2.45, 2.75) is 44.3 Å². The van der Waals surface area contributed by atoms with Gasteiger partial charge in [0.05, 0.1) is 0 Å². The number of aryl methyl sites for hydroxylation is 1. The van der Waals surface area contributed by atoms with E-state index in [2.05, 4.69) is 25.1 Å². The van der Waals surface area contributed by atoms with Gasteiger partial charge in [0.25, 0.3) is 10.0 Å². The van der Waals surface area contributed by atoms with Gasteiger partial charge in [0.15, 0.2) is 5.03 Å². The number of nitrogens with zero attached hydrogens (tertiary/aromatic N) is 2. The number of H-pyrrole nitrogens is 1. The molecule has 21 heavy (non-hydrogen) atoms. The van der Waals surface area contributed by atoms with Crippen LogP contribution >= 0.6 is 0 Å². The van der Waals surface area contributed by atoms with E-state index in [0.29, 0.717) is 12.1 Å². The Morgan fingerprint density at radius 3 is 2.67 bits per heavy atom. The number of nitrogens with one attached hydrogen (secondary N) is 3. The number of sulfonamides is 1. The van der Waals surface area contributed by atoms with E-state index in [1.807, 2.05) is 13.8 Å². The van der Waals surface area contributed by atoms with Gasteiger partial charge in [0, 0.05) is 30.4 Å². The Balaban J connectivity index is 2.07. The van der Waals surface area contributed by atoms with Gasteiger partial charge in [-0.05, 0) is 46.8 Å². The average molecular weight is 315 g/mol. The van der Waals surface area contributed by atoms with Gasteiger partial charge in [-0.25, -0.2) is 13.1 Å². The molecular weight excluding hydrogens is 290 g/mol. The number of hydrogen-bond donors (Lipinski definition) is 3. The predicted molar refractivity (Wildman–Crippen MR) is 81.5 cm³/mol. The first kappa shape index (κ1) is 16.4. The van der Waals surface area contributed by atoms with Gasteiger partial charge in [-0.1, -0.05) is 0 Å². The van der Waals surface area contributed by atoms with Crippen molar-refractivity contribution in [1.82, 2.24) is 25.1 Å². The highest BCUT2D eigenvalue weighted by Crippen LogP contribution is 2.16. The van der Waals surface area contributed by atoms with Crippen LogP contribution in [-0.4, -0.2) is 56.2 Å². The van der Waals surface area contributed by atoms with Gasteiger partial charge in [-0.2, -0.15) is 5.10 Å². The van der Waals surface area contributed by atoms with Crippen molar-refractivity contribution in [3.05, 3.63) is 11.3 Å². The molecule has 0 saturated carbocycles. The molecule has 1 fully saturated rings. The third kappa shape index (κ3) is 4.03. The topological polar surface area (TPSA) is 90.1 Å². The summed E-state index contributed by atoms with van der Waals surface area (Å²) in [5.74, 6) is 0. The quantitative estimate of drug-likeness (QED) is 0.669. The first-order valence-corrected chi connectivity index (χ1v) is 8.85. The van der Waals surface area contributed by atoms with Gasteiger partial charge in [0.1, 0.15) is 0 Å². The molecule has 7 nitrogen and oxygen atoms in total. The third-order valence-electron chi connectivity index (χ3n) is 3.73. The van der Waals surface area contributed by atoms with Gasteiger partial charge in [0.2, 0.25) is 0 Å². The first-order chi connectivity index (χ1) is 9.94. The van der Waals surface area contributed by atoms with Gasteiger partial charge < -0.3 is 10.2 Å². The van der Waals surface area contributed by atoms with Crippen LogP contribution in [0.25, 0.3) is 0 Å². The molecule has 0 radical (unpaired) electrons. The Kier molecular flexibility index (Phi) is 5.37. The Bertz CT molecular complexity index is 563. The van der Waals surface area contributed by atoms with Crippen molar-refractivity contribution in [1.29, 1.82) is 0 Å². The summed E-state index contributed by atoms with van der Waals surface area (Å²) in [6, 6.07) is -0.132. The van der Waals surface area contributed by atoms with Crippen LogP contribution in [0.1, 0.15) is 31.0 Å². The molecule has 1 aliphatic heterocycles.